The van der Waals surface area contributed by atoms with Gasteiger partial charge in [0.1, 0.15) is 0 Å². The van der Waals surface area contributed by atoms with E-state index in [0.29, 0.717) is 0 Å². The highest BCUT2D eigenvalue weighted by molar-refractivity contribution is 6.33. The van der Waals surface area contributed by atoms with Gasteiger partial charge in [-0.3, -0.25) is 4.98 Å². The van der Waals surface area contributed by atoms with Crippen LogP contribution in [-0.4, -0.2) is 4.98 Å². The van der Waals surface area contributed by atoms with Crippen molar-refractivity contribution < 1.29 is 13.2 Å². The molecule has 106 valence electrons. The van der Waals surface area contributed by atoms with E-state index in [1.165, 1.54) is 12.1 Å². The molecule has 0 saturated carbocycles. The van der Waals surface area contributed by atoms with Crippen LogP contribution in [0.25, 0.3) is 0 Å². The van der Waals surface area contributed by atoms with Gasteiger partial charge in [0.2, 0.25) is 0 Å². The lowest BCUT2D eigenvalue weighted by Crippen LogP contribution is -2.14. The molecule has 1 unspecified atom stereocenters. The number of nitrogens with zero attached hydrogens (tertiary/aromatic N) is 1. The molecule has 6 heteroatoms. The second-order valence-electron chi connectivity index (χ2n) is 4.31. The predicted octanol–water partition coefficient (Wildman–Crippen LogP) is 4.93. The molecule has 1 heterocycles. The molecule has 1 atom stereocenters. The number of hydrogen-bond acceptors (Lipinski definition) is 2. The molecule has 0 spiro atoms. The van der Waals surface area contributed by atoms with Crippen LogP contribution in [0.2, 0.25) is 5.02 Å². The fourth-order valence-electron chi connectivity index (χ4n) is 1.84. The third-order valence-electron chi connectivity index (χ3n) is 2.86. The molecule has 1 aromatic carbocycles. The number of halogens is 4. The third-order valence-corrected chi connectivity index (χ3v) is 3.18. The lowest BCUT2D eigenvalue weighted by Gasteiger charge is -2.20. The van der Waals surface area contributed by atoms with Gasteiger partial charge < -0.3 is 5.32 Å². The first kappa shape index (κ1) is 14.7. The first-order chi connectivity index (χ1) is 9.39. The second-order valence-corrected chi connectivity index (χ2v) is 4.72. The van der Waals surface area contributed by atoms with Gasteiger partial charge in [0.15, 0.2) is 0 Å². The zero-order valence-electron chi connectivity index (χ0n) is 10.6. The lowest BCUT2D eigenvalue weighted by molar-refractivity contribution is -0.137. The van der Waals surface area contributed by atoms with E-state index in [1.54, 1.807) is 31.5 Å². The SMILES string of the molecule is CC(Nc1c(Cl)cccc1C(F)(F)F)c1cccnc1. The summed E-state index contributed by atoms with van der Waals surface area (Å²) in [4.78, 5) is 3.95. The van der Waals surface area contributed by atoms with Crippen LogP contribution in [0.4, 0.5) is 18.9 Å². The van der Waals surface area contributed by atoms with Gasteiger partial charge in [-0.2, -0.15) is 13.2 Å². The van der Waals surface area contributed by atoms with E-state index in [0.717, 1.165) is 11.6 Å². The van der Waals surface area contributed by atoms with E-state index in [2.05, 4.69) is 10.3 Å². The summed E-state index contributed by atoms with van der Waals surface area (Å²) < 4.78 is 38.9. The maximum Gasteiger partial charge on any atom is 0.418 e. The Balaban J connectivity index is 2.34. The van der Waals surface area contributed by atoms with Crippen LogP contribution in [0.15, 0.2) is 42.7 Å². The molecule has 0 fully saturated rings. The minimum absolute atomic E-state index is 0.0376. The zero-order chi connectivity index (χ0) is 14.8. The fraction of sp³-hybridized carbons (Fsp3) is 0.214. The van der Waals surface area contributed by atoms with Gasteiger partial charge in [0.05, 0.1) is 22.3 Å². The highest BCUT2D eigenvalue weighted by atomic mass is 35.5. The average molecular weight is 301 g/mol. The van der Waals surface area contributed by atoms with Crippen molar-refractivity contribution in [2.24, 2.45) is 0 Å². The average Bonchev–Trinajstić information content (AvgIpc) is 2.40. The summed E-state index contributed by atoms with van der Waals surface area (Å²) in [5.74, 6) is 0. The summed E-state index contributed by atoms with van der Waals surface area (Å²) in [6.45, 7) is 1.75. The van der Waals surface area contributed by atoms with Crippen LogP contribution < -0.4 is 5.32 Å². The summed E-state index contributed by atoms with van der Waals surface area (Å²) in [7, 11) is 0. The number of nitrogens with one attached hydrogen (secondary N) is 1. The molecule has 0 radical (unpaired) electrons. The molecule has 0 aliphatic heterocycles. The van der Waals surface area contributed by atoms with Gasteiger partial charge in [0, 0.05) is 12.4 Å². The summed E-state index contributed by atoms with van der Waals surface area (Å²) >= 11 is 5.89. The smallest absolute Gasteiger partial charge is 0.377 e. The lowest BCUT2D eigenvalue weighted by atomic mass is 10.1. The molecular weight excluding hydrogens is 289 g/mol. The van der Waals surface area contributed by atoms with Gasteiger partial charge in [-0.05, 0) is 30.7 Å². The number of para-hydroxylation sites is 1. The van der Waals surface area contributed by atoms with Crippen molar-refractivity contribution in [2.45, 2.75) is 19.1 Å². The van der Waals surface area contributed by atoms with Crippen LogP contribution >= 0.6 is 11.6 Å². The monoisotopic (exact) mass is 300 g/mol. The van der Waals surface area contributed by atoms with Crippen LogP contribution in [0.1, 0.15) is 24.1 Å². The Labute approximate surface area is 119 Å². The highest BCUT2D eigenvalue weighted by Crippen LogP contribution is 2.39. The van der Waals surface area contributed by atoms with Gasteiger partial charge in [-0.15, -0.1) is 0 Å². The minimum atomic E-state index is -4.46. The molecular formula is C14H12ClF3N2. The Morgan fingerprint density at radius 1 is 1.20 bits per heavy atom. The highest BCUT2D eigenvalue weighted by Gasteiger charge is 2.34. The van der Waals surface area contributed by atoms with Crippen molar-refractivity contribution >= 4 is 17.3 Å². The molecule has 0 amide bonds. The molecule has 0 saturated heterocycles. The first-order valence-electron chi connectivity index (χ1n) is 5.92. The number of anilines is 1. The van der Waals surface area contributed by atoms with Gasteiger partial charge in [-0.25, -0.2) is 0 Å². The van der Waals surface area contributed by atoms with Crippen LogP contribution in [0.3, 0.4) is 0 Å². The Bertz CT molecular complexity index is 585. The summed E-state index contributed by atoms with van der Waals surface area (Å²) in [5.41, 5.74) is -0.112. The quantitative estimate of drug-likeness (QED) is 0.869. The molecule has 0 bridgehead atoms. The summed E-state index contributed by atoms with van der Waals surface area (Å²) in [6.07, 6.45) is -1.25. The number of pyridine rings is 1. The van der Waals surface area contributed by atoms with Crippen LogP contribution in [0, 0.1) is 0 Å². The normalized spacial score (nSPS) is 13.1. The second kappa shape index (κ2) is 5.71. The summed E-state index contributed by atoms with van der Waals surface area (Å²) in [6, 6.07) is 6.88. The molecule has 2 nitrogen and oxygen atoms in total. The van der Waals surface area contributed by atoms with Crippen molar-refractivity contribution in [2.75, 3.05) is 5.32 Å². The third kappa shape index (κ3) is 3.22. The molecule has 20 heavy (non-hydrogen) atoms. The van der Waals surface area contributed by atoms with Crippen LogP contribution in [-0.2, 0) is 6.18 Å². The predicted molar refractivity (Wildman–Crippen MR) is 72.7 cm³/mol. The molecule has 0 aliphatic carbocycles. The maximum atomic E-state index is 13.0. The summed E-state index contributed by atoms with van der Waals surface area (Å²) in [5, 5.41) is 2.85. The molecule has 2 rings (SSSR count). The van der Waals surface area contributed by atoms with Crippen molar-refractivity contribution in [3.63, 3.8) is 0 Å². The molecule has 1 N–H and O–H groups in total. The fourth-order valence-corrected chi connectivity index (χ4v) is 2.07. The maximum absolute atomic E-state index is 13.0. The number of alkyl halides is 3. The van der Waals surface area contributed by atoms with E-state index in [9.17, 15) is 13.2 Å². The minimum Gasteiger partial charge on any atom is -0.377 e. The largest absolute Gasteiger partial charge is 0.418 e. The van der Waals surface area contributed by atoms with Crippen molar-refractivity contribution in [1.82, 2.24) is 4.98 Å². The number of aromatic nitrogens is 1. The van der Waals surface area contributed by atoms with Crippen LogP contribution in [0.5, 0.6) is 0 Å². The van der Waals surface area contributed by atoms with Gasteiger partial charge in [0.25, 0.3) is 0 Å². The molecule has 0 aliphatic rings. The zero-order valence-corrected chi connectivity index (χ0v) is 11.3. The Kier molecular flexibility index (Phi) is 4.18. The Hall–Kier alpha value is -1.75. The number of rotatable bonds is 3. The van der Waals surface area contributed by atoms with E-state index >= 15 is 0 Å². The first-order valence-corrected chi connectivity index (χ1v) is 6.29. The van der Waals surface area contributed by atoms with E-state index in [1.807, 2.05) is 0 Å². The van der Waals surface area contributed by atoms with Crippen molar-refractivity contribution in [1.29, 1.82) is 0 Å². The van der Waals surface area contributed by atoms with Gasteiger partial charge >= 0.3 is 6.18 Å². The van der Waals surface area contributed by atoms with Gasteiger partial charge in [-0.1, -0.05) is 23.7 Å². The van der Waals surface area contributed by atoms with E-state index < -0.39 is 11.7 Å². The molecule has 1 aromatic heterocycles. The number of hydrogen-bond donors (Lipinski definition) is 1. The van der Waals surface area contributed by atoms with Crippen molar-refractivity contribution in [3.8, 4) is 0 Å². The van der Waals surface area contributed by atoms with Crippen molar-refractivity contribution in [3.05, 3.63) is 58.9 Å². The molecule has 2 aromatic rings. The van der Waals surface area contributed by atoms with E-state index in [4.69, 9.17) is 11.6 Å². The Morgan fingerprint density at radius 3 is 2.55 bits per heavy atom. The topological polar surface area (TPSA) is 24.9 Å². The Morgan fingerprint density at radius 2 is 1.95 bits per heavy atom. The van der Waals surface area contributed by atoms with E-state index in [-0.39, 0.29) is 16.8 Å². The standard InChI is InChI=1S/C14H12ClF3N2/c1-9(10-4-3-7-19-8-10)20-13-11(14(16,17)18)5-2-6-12(13)15/h2-9,20H,1H3. The number of benzene rings is 1.